The molecule has 4 rings (SSSR count). The van der Waals surface area contributed by atoms with Gasteiger partial charge in [-0.3, -0.25) is 9.89 Å². The van der Waals surface area contributed by atoms with Crippen molar-refractivity contribution in [3.05, 3.63) is 35.9 Å². The zero-order valence-electron chi connectivity index (χ0n) is 12.5. The van der Waals surface area contributed by atoms with Crippen molar-refractivity contribution in [2.45, 2.75) is 25.4 Å². The SMILES string of the molecule is c1ccc(CN2CC3CCC(NC4=NCCN4)C3C2)cc1. The van der Waals surface area contributed by atoms with Crippen LogP contribution in [0.2, 0.25) is 0 Å². The molecule has 0 bridgehead atoms. The van der Waals surface area contributed by atoms with Crippen LogP contribution in [0.1, 0.15) is 18.4 Å². The standard InChI is InChI=1S/C17H24N4/c1-2-4-13(5-3-1)10-21-11-14-6-7-16(15(14)12-21)20-17-18-8-9-19-17/h1-5,14-16H,6-12H2,(H2,18,19,20). The average Bonchev–Trinajstić information content (AvgIpc) is 3.20. The van der Waals surface area contributed by atoms with Crippen molar-refractivity contribution >= 4 is 5.96 Å². The summed E-state index contributed by atoms with van der Waals surface area (Å²) in [6.45, 7) is 5.49. The lowest BCUT2D eigenvalue weighted by Crippen LogP contribution is -2.44. The summed E-state index contributed by atoms with van der Waals surface area (Å²) in [5.41, 5.74) is 1.43. The minimum atomic E-state index is 0.611. The van der Waals surface area contributed by atoms with Gasteiger partial charge in [-0.2, -0.15) is 0 Å². The van der Waals surface area contributed by atoms with E-state index in [4.69, 9.17) is 0 Å². The van der Waals surface area contributed by atoms with Crippen molar-refractivity contribution in [1.82, 2.24) is 15.5 Å². The lowest BCUT2D eigenvalue weighted by atomic mass is 9.98. The second-order valence-electron chi connectivity index (χ2n) is 6.59. The van der Waals surface area contributed by atoms with Crippen molar-refractivity contribution < 1.29 is 0 Å². The predicted molar refractivity (Wildman–Crippen MR) is 85.2 cm³/mol. The van der Waals surface area contributed by atoms with Crippen LogP contribution in [-0.2, 0) is 6.54 Å². The van der Waals surface area contributed by atoms with Crippen molar-refractivity contribution in [3.63, 3.8) is 0 Å². The van der Waals surface area contributed by atoms with E-state index in [-0.39, 0.29) is 0 Å². The Morgan fingerprint density at radius 1 is 1.19 bits per heavy atom. The summed E-state index contributed by atoms with van der Waals surface area (Å²) in [4.78, 5) is 7.11. The van der Waals surface area contributed by atoms with Gasteiger partial charge in [0, 0.05) is 32.2 Å². The van der Waals surface area contributed by atoms with Crippen molar-refractivity contribution in [1.29, 1.82) is 0 Å². The molecule has 1 saturated carbocycles. The maximum atomic E-state index is 4.48. The topological polar surface area (TPSA) is 39.7 Å². The number of nitrogens with one attached hydrogen (secondary N) is 2. The first-order valence-corrected chi connectivity index (χ1v) is 8.19. The van der Waals surface area contributed by atoms with E-state index < -0.39 is 0 Å². The lowest BCUT2D eigenvalue weighted by molar-refractivity contribution is 0.295. The van der Waals surface area contributed by atoms with Gasteiger partial charge in [-0.15, -0.1) is 0 Å². The number of nitrogens with zero attached hydrogens (tertiary/aromatic N) is 2. The normalized spacial score (nSPS) is 31.8. The highest BCUT2D eigenvalue weighted by Crippen LogP contribution is 2.38. The Morgan fingerprint density at radius 2 is 2.10 bits per heavy atom. The highest BCUT2D eigenvalue weighted by molar-refractivity contribution is 5.81. The largest absolute Gasteiger partial charge is 0.355 e. The van der Waals surface area contributed by atoms with Gasteiger partial charge in [0.25, 0.3) is 0 Å². The molecule has 4 nitrogen and oxygen atoms in total. The minimum absolute atomic E-state index is 0.611. The zero-order chi connectivity index (χ0) is 14.1. The quantitative estimate of drug-likeness (QED) is 0.882. The van der Waals surface area contributed by atoms with E-state index in [1.165, 1.54) is 31.5 Å². The van der Waals surface area contributed by atoms with E-state index in [0.717, 1.165) is 37.4 Å². The Hall–Kier alpha value is -1.55. The minimum Gasteiger partial charge on any atom is -0.355 e. The molecule has 1 aromatic rings. The fourth-order valence-electron chi connectivity index (χ4n) is 4.18. The highest BCUT2D eigenvalue weighted by Gasteiger charge is 2.42. The van der Waals surface area contributed by atoms with Crippen LogP contribution < -0.4 is 10.6 Å². The van der Waals surface area contributed by atoms with Crippen molar-refractivity contribution in [3.8, 4) is 0 Å². The second-order valence-corrected chi connectivity index (χ2v) is 6.59. The molecule has 0 radical (unpaired) electrons. The first-order valence-electron chi connectivity index (χ1n) is 8.19. The molecule has 4 heteroatoms. The molecule has 1 aliphatic carbocycles. The van der Waals surface area contributed by atoms with E-state index in [9.17, 15) is 0 Å². The van der Waals surface area contributed by atoms with Gasteiger partial charge in [-0.05, 0) is 30.2 Å². The van der Waals surface area contributed by atoms with Crippen LogP contribution in [0.4, 0.5) is 0 Å². The molecule has 3 unspecified atom stereocenters. The monoisotopic (exact) mass is 284 g/mol. The number of aliphatic imine (C=N–C) groups is 1. The number of fused-ring (bicyclic) bond motifs is 1. The first-order chi connectivity index (χ1) is 10.4. The number of benzene rings is 1. The van der Waals surface area contributed by atoms with E-state index in [0.29, 0.717) is 6.04 Å². The summed E-state index contributed by atoms with van der Waals surface area (Å²) < 4.78 is 0. The van der Waals surface area contributed by atoms with Gasteiger partial charge in [-0.1, -0.05) is 30.3 Å². The fraction of sp³-hybridized carbons (Fsp3) is 0.588. The lowest BCUT2D eigenvalue weighted by Gasteiger charge is -2.22. The molecule has 0 aromatic heterocycles. The second kappa shape index (κ2) is 5.68. The molecular weight excluding hydrogens is 260 g/mol. The van der Waals surface area contributed by atoms with E-state index in [2.05, 4.69) is 50.9 Å². The number of rotatable bonds is 3. The molecule has 1 aromatic carbocycles. The molecular formula is C17H24N4. The molecule has 2 aliphatic heterocycles. The Morgan fingerprint density at radius 3 is 2.90 bits per heavy atom. The molecule has 2 fully saturated rings. The molecule has 112 valence electrons. The fourth-order valence-corrected chi connectivity index (χ4v) is 4.18. The van der Waals surface area contributed by atoms with Crippen molar-refractivity contribution in [2.24, 2.45) is 16.8 Å². The van der Waals surface area contributed by atoms with Crippen LogP contribution in [-0.4, -0.2) is 43.1 Å². The van der Waals surface area contributed by atoms with Gasteiger partial charge in [-0.25, -0.2) is 0 Å². The zero-order valence-corrected chi connectivity index (χ0v) is 12.5. The van der Waals surface area contributed by atoms with E-state index in [1.54, 1.807) is 0 Å². The van der Waals surface area contributed by atoms with Gasteiger partial charge in [0.15, 0.2) is 5.96 Å². The van der Waals surface area contributed by atoms with Crippen LogP contribution in [0.25, 0.3) is 0 Å². The maximum absolute atomic E-state index is 4.48. The van der Waals surface area contributed by atoms with E-state index >= 15 is 0 Å². The summed E-state index contributed by atoms with van der Waals surface area (Å²) in [5.74, 6) is 2.69. The van der Waals surface area contributed by atoms with Gasteiger partial charge in [0.1, 0.15) is 0 Å². The van der Waals surface area contributed by atoms with Gasteiger partial charge >= 0.3 is 0 Å². The highest BCUT2D eigenvalue weighted by atomic mass is 15.2. The summed E-state index contributed by atoms with van der Waals surface area (Å²) in [6.07, 6.45) is 2.66. The smallest absolute Gasteiger partial charge is 0.191 e. The van der Waals surface area contributed by atoms with E-state index in [1.807, 2.05) is 0 Å². The van der Waals surface area contributed by atoms with Gasteiger partial charge in [0.2, 0.25) is 0 Å². The van der Waals surface area contributed by atoms with Crippen LogP contribution in [0.15, 0.2) is 35.3 Å². The molecule has 2 N–H and O–H groups in total. The number of hydrogen-bond donors (Lipinski definition) is 2. The summed E-state index contributed by atoms with van der Waals surface area (Å²) in [6, 6.07) is 11.5. The average molecular weight is 284 g/mol. The predicted octanol–water partition coefficient (Wildman–Crippen LogP) is 1.45. The molecule has 1 saturated heterocycles. The molecule has 0 spiro atoms. The summed E-state index contributed by atoms with van der Waals surface area (Å²) in [7, 11) is 0. The molecule has 2 heterocycles. The van der Waals surface area contributed by atoms with Crippen molar-refractivity contribution in [2.75, 3.05) is 26.2 Å². The van der Waals surface area contributed by atoms with Gasteiger partial charge in [0.05, 0.1) is 6.54 Å². The third-order valence-corrected chi connectivity index (χ3v) is 5.18. The molecule has 0 amide bonds. The molecule has 3 atom stereocenters. The van der Waals surface area contributed by atoms with Gasteiger partial charge < -0.3 is 10.6 Å². The van der Waals surface area contributed by atoms with Crippen LogP contribution >= 0.6 is 0 Å². The number of guanidine groups is 1. The summed E-state index contributed by atoms with van der Waals surface area (Å²) >= 11 is 0. The third-order valence-electron chi connectivity index (χ3n) is 5.18. The van der Waals surface area contributed by atoms with Crippen LogP contribution in [0.5, 0.6) is 0 Å². The number of likely N-dealkylation sites (tertiary alicyclic amines) is 1. The molecule has 21 heavy (non-hydrogen) atoms. The third kappa shape index (κ3) is 2.77. The Labute approximate surface area is 126 Å². The Bertz CT molecular complexity index is 513. The molecule has 3 aliphatic rings. The van der Waals surface area contributed by atoms with Crippen LogP contribution in [0, 0.1) is 11.8 Å². The summed E-state index contributed by atoms with van der Waals surface area (Å²) in [5, 5.41) is 6.99. The maximum Gasteiger partial charge on any atom is 0.191 e. The Balaban J connectivity index is 1.36. The number of hydrogen-bond acceptors (Lipinski definition) is 4. The van der Waals surface area contributed by atoms with Crippen LogP contribution in [0.3, 0.4) is 0 Å². The first kappa shape index (κ1) is 13.1. The Kier molecular flexibility index (Phi) is 3.55.